The molecule has 0 aromatic heterocycles. The first-order valence-corrected chi connectivity index (χ1v) is 10.5. The lowest BCUT2D eigenvalue weighted by Gasteiger charge is -2.25. The van der Waals surface area contributed by atoms with E-state index in [2.05, 4.69) is 0 Å². The molecule has 0 unspecified atom stereocenters. The fraction of sp³-hybridized carbons (Fsp3) is 0.429. The molecule has 0 N–H and O–H groups in total. The van der Waals surface area contributed by atoms with E-state index >= 15 is 0 Å². The zero-order valence-corrected chi connectivity index (χ0v) is 17.4. The van der Waals surface area contributed by atoms with Crippen LogP contribution in [0, 0.1) is 20.8 Å². The number of sulfonamides is 1. The first-order chi connectivity index (χ1) is 12.8. The van der Waals surface area contributed by atoms with Gasteiger partial charge in [0, 0.05) is 18.2 Å². The number of hydrogen-bond donors (Lipinski definition) is 0. The molecule has 0 amide bonds. The van der Waals surface area contributed by atoms with Gasteiger partial charge in [0.2, 0.25) is 10.0 Å². The highest BCUT2D eigenvalue weighted by Crippen LogP contribution is 2.37. The van der Waals surface area contributed by atoms with Crippen molar-refractivity contribution in [2.45, 2.75) is 51.1 Å². The predicted octanol–water partition coefficient (Wildman–Crippen LogP) is 3.98. The largest absolute Gasteiger partial charge is 0.497 e. The molecule has 6 heteroatoms. The minimum atomic E-state index is -3.62. The molecule has 1 aliphatic carbocycles. The highest BCUT2D eigenvalue weighted by Gasteiger charge is 2.39. The topological polar surface area (TPSA) is 55.8 Å². The van der Waals surface area contributed by atoms with Crippen LogP contribution in [0.2, 0.25) is 0 Å². The Kier molecular flexibility index (Phi) is 5.49. The van der Waals surface area contributed by atoms with Crippen LogP contribution in [0.15, 0.2) is 35.2 Å². The summed E-state index contributed by atoms with van der Waals surface area (Å²) in [7, 11) is -0.432. The Bertz CT molecular complexity index is 926. The molecule has 0 radical (unpaired) electrons. The average molecular weight is 390 g/mol. The van der Waals surface area contributed by atoms with Gasteiger partial charge in [0.1, 0.15) is 11.5 Å². The van der Waals surface area contributed by atoms with Gasteiger partial charge in [-0.25, -0.2) is 8.42 Å². The van der Waals surface area contributed by atoms with Gasteiger partial charge in [-0.05, 0) is 62.9 Å². The van der Waals surface area contributed by atoms with Crippen molar-refractivity contribution >= 4 is 10.0 Å². The summed E-state index contributed by atoms with van der Waals surface area (Å²) in [6.07, 6.45) is 1.77. The van der Waals surface area contributed by atoms with Crippen LogP contribution >= 0.6 is 0 Å². The van der Waals surface area contributed by atoms with Crippen molar-refractivity contribution in [1.29, 1.82) is 0 Å². The number of hydrogen-bond acceptors (Lipinski definition) is 4. The summed E-state index contributed by atoms with van der Waals surface area (Å²) in [4.78, 5) is 0.418. The van der Waals surface area contributed by atoms with E-state index in [0.717, 1.165) is 35.1 Å². The highest BCUT2D eigenvalue weighted by molar-refractivity contribution is 7.89. The monoisotopic (exact) mass is 389 g/mol. The highest BCUT2D eigenvalue weighted by atomic mass is 32.2. The molecule has 1 saturated carbocycles. The zero-order chi connectivity index (χ0) is 19.8. The van der Waals surface area contributed by atoms with Gasteiger partial charge < -0.3 is 9.47 Å². The Labute approximate surface area is 162 Å². The second-order valence-corrected chi connectivity index (χ2v) is 9.01. The second-order valence-electron chi connectivity index (χ2n) is 7.19. The quantitative estimate of drug-likeness (QED) is 0.719. The molecule has 0 bridgehead atoms. The first kappa shape index (κ1) is 19.7. The van der Waals surface area contributed by atoms with E-state index in [0.29, 0.717) is 16.4 Å². The molecule has 0 saturated heterocycles. The molecule has 1 fully saturated rings. The van der Waals surface area contributed by atoms with Gasteiger partial charge in [-0.15, -0.1) is 0 Å². The van der Waals surface area contributed by atoms with E-state index in [1.165, 1.54) is 0 Å². The predicted molar refractivity (Wildman–Crippen MR) is 106 cm³/mol. The normalized spacial score (nSPS) is 14.4. The third-order valence-electron chi connectivity index (χ3n) is 4.94. The minimum Gasteiger partial charge on any atom is -0.497 e. The maximum absolute atomic E-state index is 13.6. The SMILES string of the molecule is COc1ccc(OC)c(CN(C2CC2)S(=O)(=O)c2c(C)cc(C)cc2C)c1. The molecule has 5 nitrogen and oxygen atoms in total. The van der Waals surface area contributed by atoms with Gasteiger partial charge in [0.25, 0.3) is 0 Å². The summed E-state index contributed by atoms with van der Waals surface area (Å²) in [5.41, 5.74) is 3.44. The Morgan fingerprint density at radius 3 is 2.15 bits per heavy atom. The molecule has 3 rings (SSSR count). The van der Waals surface area contributed by atoms with Gasteiger partial charge in [0.15, 0.2) is 0 Å². The van der Waals surface area contributed by atoms with Crippen LogP contribution < -0.4 is 9.47 Å². The lowest BCUT2D eigenvalue weighted by atomic mass is 10.1. The lowest BCUT2D eigenvalue weighted by molar-refractivity contribution is 0.369. The smallest absolute Gasteiger partial charge is 0.244 e. The van der Waals surface area contributed by atoms with Crippen molar-refractivity contribution in [2.75, 3.05) is 14.2 Å². The Balaban J connectivity index is 2.05. The molecular formula is C21H27NO4S. The summed E-state index contributed by atoms with van der Waals surface area (Å²) in [6, 6.07) is 9.36. The van der Waals surface area contributed by atoms with Crippen LogP contribution in [0.1, 0.15) is 35.1 Å². The van der Waals surface area contributed by atoms with Crippen molar-refractivity contribution in [3.8, 4) is 11.5 Å². The summed E-state index contributed by atoms with van der Waals surface area (Å²) < 4.78 is 39.5. The van der Waals surface area contributed by atoms with E-state index < -0.39 is 10.0 Å². The Morgan fingerprint density at radius 1 is 1.00 bits per heavy atom. The van der Waals surface area contributed by atoms with Crippen LogP contribution in [-0.2, 0) is 16.6 Å². The van der Waals surface area contributed by atoms with Crippen molar-refractivity contribution in [2.24, 2.45) is 0 Å². The molecule has 1 aliphatic rings. The van der Waals surface area contributed by atoms with E-state index in [1.807, 2.05) is 51.1 Å². The number of benzene rings is 2. The molecule has 0 heterocycles. The summed E-state index contributed by atoms with van der Waals surface area (Å²) in [5.74, 6) is 1.34. The maximum atomic E-state index is 13.6. The molecule has 0 spiro atoms. The minimum absolute atomic E-state index is 0.0333. The van der Waals surface area contributed by atoms with E-state index in [4.69, 9.17) is 9.47 Å². The van der Waals surface area contributed by atoms with Crippen LogP contribution in [-0.4, -0.2) is 33.0 Å². The first-order valence-electron chi connectivity index (χ1n) is 9.08. The maximum Gasteiger partial charge on any atom is 0.244 e. The van der Waals surface area contributed by atoms with Crippen LogP contribution in [0.25, 0.3) is 0 Å². The third kappa shape index (κ3) is 3.96. The van der Waals surface area contributed by atoms with E-state index in [-0.39, 0.29) is 12.6 Å². The van der Waals surface area contributed by atoms with Gasteiger partial charge in [0.05, 0.1) is 19.1 Å². The molecule has 2 aromatic carbocycles. The second kappa shape index (κ2) is 7.52. The standard InChI is InChI=1S/C21H27NO4S/c1-14-10-15(2)21(16(3)11-14)27(23,24)22(18-6-7-18)13-17-12-19(25-4)8-9-20(17)26-5/h8-12,18H,6-7,13H2,1-5H3. The molecule has 0 aliphatic heterocycles. The van der Waals surface area contributed by atoms with Gasteiger partial charge in [-0.1, -0.05) is 17.7 Å². The lowest BCUT2D eigenvalue weighted by Crippen LogP contribution is -2.33. The fourth-order valence-electron chi connectivity index (χ4n) is 3.64. The van der Waals surface area contributed by atoms with Crippen LogP contribution in [0.5, 0.6) is 11.5 Å². The summed E-state index contributed by atoms with van der Waals surface area (Å²) in [6.45, 7) is 5.98. The average Bonchev–Trinajstić information content (AvgIpc) is 3.42. The summed E-state index contributed by atoms with van der Waals surface area (Å²) in [5, 5.41) is 0. The number of methoxy groups -OCH3 is 2. The molecule has 2 aromatic rings. The van der Waals surface area contributed by atoms with Crippen molar-refractivity contribution in [3.63, 3.8) is 0 Å². The van der Waals surface area contributed by atoms with Gasteiger partial charge in [-0.3, -0.25) is 0 Å². The van der Waals surface area contributed by atoms with Gasteiger partial charge in [-0.2, -0.15) is 4.31 Å². The number of rotatable bonds is 7. The van der Waals surface area contributed by atoms with E-state index in [9.17, 15) is 8.42 Å². The number of aryl methyl sites for hydroxylation is 3. The number of ether oxygens (including phenoxy) is 2. The molecule has 0 atom stereocenters. The molecular weight excluding hydrogens is 362 g/mol. The van der Waals surface area contributed by atoms with Crippen molar-refractivity contribution < 1.29 is 17.9 Å². The van der Waals surface area contributed by atoms with E-state index in [1.54, 1.807) is 18.5 Å². The van der Waals surface area contributed by atoms with Crippen LogP contribution in [0.3, 0.4) is 0 Å². The van der Waals surface area contributed by atoms with Crippen molar-refractivity contribution in [1.82, 2.24) is 4.31 Å². The summed E-state index contributed by atoms with van der Waals surface area (Å²) >= 11 is 0. The zero-order valence-electron chi connectivity index (χ0n) is 16.6. The van der Waals surface area contributed by atoms with Crippen molar-refractivity contribution in [3.05, 3.63) is 52.6 Å². The molecule has 27 heavy (non-hydrogen) atoms. The number of nitrogens with zero attached hydrogens (tertiary/aromatic N) is 1. The Morgan fingerprint density at radius 2 is 1.63 bits per heavy atom. The Hall–Kier alpha value is -2.05. The van der Waals surface area contributed by atoms with Crippen LogP contribution in [0.4, 0.5) is 0 Å². The third-order valence-corrected chi connectivity index (χ3v) is 7.14. The molecule has 146 valence electrons. The van der Waals surface area contributed by atoms with Gasteiger partial charge >= 0.3 is 0 Å². The fourth-order valence-corrected chi connectivity index (χ4v) is 5.72.